The molecule has 8 nitrogen and oxygen atoms in total. The van der Waals surface area contributed by atoms with Crippen molar-refractivity contribution in [2.24, 2.45) is 0 Å². The largest absolute Gasteiger partial charge is 0.481 e. The Morgan fingerprint density at radius 1 is 1.50 bits per heavy atom. The first-order chi connectivity index (χ1) is 9.47. The molecule has 1 aromatic heterocycles. The van der Waals surface area contributed by atoms with E-state index in [1.54, 1.807) is 0 Å². The average Bonchev–Trinajstić information content (AvgIpc) is 2.85. The highest BCUT2D eigenvalue weighted by Crippen LogP contribution is 2.20. The number of carboxylic acids is 1. The minimum atomic E-state index is -0.961. The Morgan fingerprint density at radius 2 is 2.25 bits per heavy atom. The normalized spacial score (nSPS) is 10.4. The minimum absolute atomic E-state index is 0.0950. The van der Waals surface area contributed by atoms with E-state index in [0.717, 1.165) is 12.1 Å². The zero-order valence-electron chi connectivity index (χ0n) is 10.1. The van der Waals surface area contributed by atoms with Crippen LogP contribution < -0.4 is 0 Å². The fourth-order valence-electron chi connectivity index (χ4n) is 1.56. The molecule has 0 radical (unpaired) electrons. The van der Waals surface area contributed by atoms with Crippen molar-refractivity contribution in [1.29, 1.82) is 0 Å². The zero-order chi connectivity index (χ0) is 14.7. The fourth-order valence-corrected chi connectivity index (χ4v) is 1.56. The van der Waals surface area contributed by atoms with Crippen LogP contribution in [0, 0.1) is 15.9 Å². The van der Waals surface area contributed by atoms with Gasteiger partial charge in [-0.3, -0.25) is 14.9 Å². The van der Waals surface area contributed by atoms with E-state index in [1.807, 2.05) is 0 Å². The van der Waals surface area contributed by atoms with Gasteiger partial charge in [0.15, 0.2) is 0 Å². The first kappa shape index (κ1) is 13.6. The van der Waals surface area contributed by atoms with Gasteiger partial charge in [0.2, 0.25) is 5.82 Å². The standard InChI is InChI=1S/C11H9FN4O4/c12-9-3-2-8(5-10(9)16(19)20)15-6-7(13-14-15)1-4-11(17)18/h2-3,5-6H,1,4H2,(H,17,18). The number of nitro benzene ring substituents is 1. The van der Waals surface area contributed by atoms with Crippen LogP contribution in [-0.2, 0) is 11.2 Å². The van der Waals surface area contributed by atoms with Crippen molar-refractivity contribution in [1.82, 2.24) is 15.0 Å². The van der Waals surface area contributed by atoms with Crippen LogP contribution in [0.15, 0.2) is 24.4 Å². The molecule has 0 fully saturated rings. The van der Waals surface area contributed by atoms with Crippen LogP contribution in [0.3, 0.4) is 0 Å². The number of nitro groups is 1. The van der Waals surface area contributed by atoms with Gasteiger partial charge in [-0.15, -0.1) is 5.10 Å². The molecule has 0 unspecified atom stereocenters. The number of nitrogens with zero attached hydrogens (tertiary/aromatic N) is 4. The number of halogens is 1. The summed E-state index contributed by atoms with van der Waals surface area (Å²) in [5.41, 5.74) is 0.0386. The van der Waals surface area contributed by atoms with Crippen LogP contribution in [0.1, 0.15) is 12.1 Å². The lowest BCUT2D eigenvalue weighted by molar-refractivity contribution is -0.387. The van der Waals surface area contributed by atoms with E-state index < -0.39 is 22.4 Å². The topological polar surface area (TPSA) is 111 Å². The van der Waals surface area contributed by atoms with E-state index >= 15 is 0 Å². The Labute approximate surface area is 111 Å². The molecule has 1 N–H and O–H groups in total. The van der Waals surface area contributed by atoms with E-state index in [1.165, 1.54) is 16.9 Å². The van der Waals surface area contributed by atoms with Crippen molar-refractivity contribution in [3.05, 3.63) is 46.0 Å². The van der Waals surface area contributed by atoms with Gasteiger partial charge in [-0.25, -0.2) is 4.68 Å². The van der Waals surface area contributed by atoms with Gasteiger partial charge in [0, 0.05) is 12.5 Å². The van der Waals surface area contributed by atoms with Crippen molar-refractivity contribution in [2.75, 3.05) is 0 Å². The number of carboxylic acid groups (broad SMARTS) is 1. The fraction of sp³-hybridized carbons (Fsp3) is 0.182. The second-order valence-corrected chi connectivity index (χ2v) is 3.94. The Balaban J connectivity index is 2.26. The van der Waals surface area contributed by atoms with Crippen LogP contribution in [0.5, 0.6) is 0 Å². The maximum absolute atomic E-state index is 13.2. The smallest absolute Gasteiger partial charge is 0.306 e. The van der Waals surface area contributed by atoms with E-state index in [0.29, 0.717) is 5.69 Å². The number of carbonyl (C=O) groups is 1. The molecule has 0 amide bonds. The van der Waals surface area contributed by atoms with E-state index in [9.17, 15) is 19.3 Å². The molecule has 0 saturated heterocycles. The van der Waals surface area contributed by atoms with Crippen molar-refractivity contribution >= 4 is 11.7 Å². The van der Waals surface area contributed by atoms with E-state index in [-0.39, 0.29) is 18.5 Å². The van der Waals surface area contributed by atoms with Gasteiger partial charge in [-0.1, -0.05) is 5.21 Å². The summed E-state index contributed by atoms with van der Waals surface area (Å²) in [6.07, 6.45) is 1.54. The third-order valence-electron chi connectivity index (χ3n) is 2.53. The number of rotatable bonds is 5. The van der Waals surface area contributed by atoms with Gasteiger partial charge in [-0.2, -0.15) is 4.39 Å². The summed E-state index contributed by atoms with van der Waals surface area (Å²) in [7, 11) is 0. The quantitative estimate of drug-likeness (QED) is 0.653. The molecule has 0 aliphatic heterocycles. The third kappa shape index (κ3) is 2.94. The van der Waals surface area contributed by atoms with Crippen molar-refractivity contribution in [2.45, 2.75) is 12.8 Å². The number of hydrogen-bond acceptors (Lipinski definition) is 5. The van der Waals surface area contributed by atoms with Crippen LogP contribution in [-0.4, -0.2) is 31.0 Å². The molecule has 104 valence electrons. The van der Waals surface area contributed by atoms with Crippen LogP contribution in [0.4, 0.5) is 10.1 Å². The number of aliphatic carboxylic acids is 1. The lowest BCUT2D eigenvalue weighted by Crippen LogP contribution is -1.99. The van der Waals surface area contributed by atoms with Crippen LogP contribution in [0.2, 0.25) is 0 Å². The lowest BCUT2D eigenvalue weighted by atomic mass is 10.2. The first-order valence-corrected chi connectivity index (χ1v) is 5.54. The monoisotopic (exact) mass is 280 g/mol. The molecule has 0 saturated carbocycles. The van der Waals surface area contributed by atoms with Crippen molar-refractivity contribution in [3.8, 4) is 5.69 Å². The second kappa shape index (κ2) is 5.43. The molecule has 0 aliphatic carbocycles. The van der Waals surface area contributed by atoms with Gasteiger partial charge in [-0.05, 0) is 12.1 Å². The maximum atomic E-state index is 13.2. The molecule has 1 aromatic carbocycles. The molecule has 1 heterocycles. The molecule has 0 bridgehead atoms. The summed E-state index contributed by atoms with van der Waals surface area (Å²) in [5.74, 6) is -1.90. The summed E-state index contributed by atoms with van der Waals surface area (Å²) in [5, 5.41) is 26.7. The van der Waals surface area contributed by atoms with Gasteiger partial charge in [0.1, 0.15) is 0 Å². The third-order valence-corrected chi connectivity index (χ3v) is 2.53. The van der Waals surface area contributed by atoms with E-state index in [4.69, 9.17) is 5.11 Å². The highest BCUT2D eigenvalue weighted by molar-refractivity contribution is 5.66. The number of benzene rings is 1. The molecular formula is C11H9FN4O4. The molecule has 0 aliphatic rings. The van der Waals surface area contributed by atoms with Crippen molar-refractivity contribution < 1.29 is 19.2 Å². The first-order valence-electron chi connectivity index (χ1n) is 5.54. The lowest BCUT2D eigenvalue weighted by Gasteiger charge is -2.00. The van der Waals surface area contributed by atoms with Gasteiger partial charge in [0.05, 0.1) is 28.9 Å². The molecule has 9 heteroatoms. The van der Waals surface area contributed by atoms with Crippen LogP contribution >= 0.6 is 0 Å². The predicted molar refractivity (Wildman–Crippen MR) is 63.9 cm³/mol. The molecule has 0 spiro atoms. The van der Waals surface area contributed by atoms with Crippen LogP contribution in [0.25, 0.3) is 5.69 Å². The van der Waals surface area contributed by atoms with Gasteiger partial charge >= 0.3 is 11.7 Å². The summed E-state index contributed by atoms with van der Waals surface area (Å²) in [6, 6.07) is 3.31. The van der Waals surface area contributed by atoms with Gasteiger partial charge in [0.25, 0.3) is 0 Å². The zero-order valence-corrected chi connectivity index (χ0v) is 10.1. The van der Waals surface area contributed by atoms with Gasteiger partial charge < -0.3 is 5.11 Å². The predicted octanol–water partition coefficient (Wildman–Crippen LogP) is 1.33. The Morgan fingerprint density at radius 3 is 2.90 bits per heavy atom. The molecule has 2 aromatic rings. The number of hydrogen-bond donors (Lipinski definition) is 1. The summed E-state index contributed by atoms with van der Waals surface area (Å²) in [4.78, 5) is 20.2. The highest BCUT2D eigenvalue weighted by Gasteiger charge is 2.15. The SMILES string of the molecule is O=C(O)CCc1cn(-c2ccc(F)c([N+](=O)[O-])c2)nn1. The Bertz CT molecular complexity index is 670. The molecule has 20 heavy (non-hydrogen) atoms. The summed E-state index contributed by atoms with van der Waals surface area (Å²) in [6.45, 7) is 0. The second-order valence-electron chi connectivity index (χ2n) is 3.94. The Kier molecular flexibility index (Phi) is 3.69. The highest BCUT2D eigenvalue weighted by atomic mass is 19.1. The van der Waals surface area contributed by atoms with Crippen molar-refractivity contribution in [3.63, 3.8) is 0 Å². The summed E-state index contributed by atoms with van der Waals surface area (Å²) < 4.78 is 14.4. The molecular weight excluding hydrogens is 271 g/mol. The maximum Gasteiger partial charge on any atom is 0.306 e. The Hall–Kier alpha value is -2.84. The number of aryl methyl sites for hydroxylation is 1. The summed E-state index contributed by atoms with van der Waals surface area (Å²) >= 11 is 0. The average molecular weight is 280 g/mol. The molecule has 0 atom stereocenters. The van der Waals surface area contributed by atoms with E-state index in [2.05, 4.69) is 10.3 Å². The minimum Gasteiger partial charge on any atom is -0.481 e. The molecule has 2 rings (SSSR count). The number of aromatic nitrogens is 3.